The Labute approximate surface area is 215 Å². The molecule has 198 valence electrons. The van der Waals surface area contributed by atoms with Crippen LogP contribution in [0.25, 0.3) is 0 Å². The number of ether oxygens (including phenoxy) is 1. The van der Waals surface area contributed by atoms with E-state index in [1.54, 1.807) is 14.0 Å². The van der Waals surface area contributed by atoms with Crippen LogP contribution in [0, 0.1) is 13.8 Å². The van der Waals surface area contributed by atoms with Crippen molar-refractivity contribution in [2.75, 3.05) is 24.2 Å². The van der Waals surface area contributed by atoms with Crippen molar-refractivity contribution < 1.29 is 22.7 Å². The van der Waals surface area contributed by atoms with Gasteiger partial charge < -0.3 is 15.0 Å². The van der Waals surface area contributed by atoms with Crippen LogP contribution in [0.3, 0.4) is 0 Å². The molecule has 0 saturated heterocycles. The number of nitrogens with zero attached hydrogens (tertiary/aromatic N) is 2. The highest BCUT2D eigenvalue weighted by Crippen LogP contribution is 2.25. The Morgan fingerprint density at radius 2 is 1.75 bits per heavy atom. The maximum atomic E-state index is 13.4. The molecular weight excluding hydrogens is 478 g/mol. The Balaban J connectivity index is 2.22. The van der Waals surface area contributed by atoms with Gasteiger partial charge in [-0.25, -0.2) is 8.42 Å². The van der Waals surface area contributed by atoms with Crippen molar-refractivity contribution in [3.05, 3.63) is 59.2 Å². The van der Waals surface area contributed by atoms with Gasteiger partial charge in [-0.05, 0) is 75.9 Å². The fraction of sp³-hybridized carbons (Fsp3) is 0.481. The molecule has 0 saturated carbocycles. The van der Waals surface area contributed by atoms with E-state index in [0.717, 1.165) is 16.7 Å². The lowest BCUT2D eigenvalue weighted by atomic mass is 10.1. The zero-order valence-corrected chi connectivity index (χ0v) is 23.2. The number of methoxy groups -OCH3 is 1. The van der Waals surface area contributed by atoms with Gasteiger partial charge in [0.1, 0.15) is 11.8 Å². The maximum Gasteiger partial charge on any atom is 0.242 e. The third kappa shape index (κ3) is 8.26. The number of benzene rings is 2. The maximum absolute atomic E-state index is 13.4. The van der Waals surface area contributed by atoms with Gasteiger partial charge in [0.25, 0.3) is 0 Å². The van der Waals surface area contributed by atoms with Crippen molar-refractivity contribution in [1.29, 1.82) is 0 Å². The van der Waals surface area contributed by atoms with E-state index in [0.29, 0.717) is 17.9 Å². The molecule has 0 aromatic heterocycles. The van der Waals surface area contributed by atoms with E-state index >= 15 is 0 Å². The minimum Gasteiger partial charge on any atom is -0.497 e. The number of anilines is 1. The molecule has 36 heavy (non-hydrogen) atoms. The Bertz CT molecular complexity index is 1160. The predicted molar refractivity (Wildman–Crippen MR) is 144 cm³/mol. The summed E-state index contributed by atoms with van der Waals surface area (Å²) in [6, 6.07) is 12.3. The summed E-state index contributed by atoms with van der Waals surface area (Å²) in [6.45, 7) is 9.60. The van der Waals surface area contributed by atoms with Gasteiger partial charge in [0.2, 0.25) is 21.8 Å². The molecule has 1 unspecified atom stereocenters. The summed E-state index contributed by atoms with van der Waals surface area (Å²) in [6.07, 6.45) is 1.58. The summed E-state index contributed by atoms with van der Waals surface area (Å²) in [4.78, 5) is 27.7. The third-order valence-corrected chi connectivity index (χ3v) is 7.05. The van der Waals surface area contributed by atoms with E-state index in [1.807, 2.05) is 70.2 Å². The number of sulfonamides is 1. The number of hydrogen-bond acceptors (Lipinski definition) is 5. The van der Waals surface area contributed by atoms with Crippen molar-refractivity contribution >= 4 is 27.5 Å². The van der Waals surface area contributed by atoms with Crippen LogP contribution in [0.5, 0.6) is 5.75 Å². The fourth-order valence-electron chi connectivity index (χ4n) is 3.93. The first-order valence-electron chi connectivity index (χ1n) is 12.1. The molecule has 8 nitrogen and oxygen atoms in total. The van der Waals surface area contributed by atoms with E-state index in [-0.39, 0.29) is 37.4 Å². The van der Waals surface area contributed by atoms with Gasteiger partial charge in [-0.1, -0.05) is 24.3 Å². The van der Waals surface area contributed by atoms with Crippen LogP contribution in [0.2, 0.25) is 0 Å². The lowest BCUT2D eigenvalue weighted by Crippen LogP contribution is -2.49. The molecule has 2 amide bonds. The van der Waals surface area contributed by atoms with Crippen LogP contribution in [-0.4, -0.2) is 57.1 Å². The highest BCUT2D eigenvalue weighted by molar-refractivity contribution is 7.92. The van der Waals surface area contributed by atoms with E-state index < -0.39 is 16.1 Å². The van der Waals surface area contributed by atoms with E-state index in [4.69, 9.17) is 4.74 Å². The highest BCUT2D eigenvalue weighted by Gasteiger charge is 2.27. The minimum atomic E-state index is -3.54. The van der Waals surface area contributed by atoms with Crippen LogP contribution in [0.4, 0.5) is 5.69 Å². The summed E-state index contributed by atoms with van der Waals surface area (Å²) in [7, 11) is -1.97. The Morgan fingerprint density at radius 1 is 1.06 bits per heavy atom. The monoisotopic (exact) mass is 517 g/mol. The van der Waals surface area contributed by atoms with Gasteiger partial charge in [-0.2, -0.15) is 0 Å². The van der Waals surface area contributed by atoms with Crippen LogP contribution >= 0.6 is 0 Å². The summed E-state index contributed by atoms with van der Waals surface area (Å²) in [5.41, 5.74) is 3.24. The molecule has 0 radical (unpaired) electrons. The van der Waals surface area contributed by atoms with Crippen LogP contribution in [0.1, 0.15) is 50.3 Å². The molecular formula is C27H39N3O5S. The highest BCUT2D eigenvalue weighted by atomic mass is 32.2. The second-order valence-electron chi connectivity index (χ2n) is 9.44. The molecule has 0 aliphatic rings. The Kier molecular flexibility index (Phi) is 10.3. The van der Waals surface area contributed by atoms with Gasteiger partial charge in [0.15, 0.2) is 0 Å². The lowest BCUT2D eigenvalue weighted by Gasteiger charge is -2.30. The number of amides is 2. The first kappa shape index (κ1) is 29.2. The molecule has 9 heteroatoms. The number of rotatable bonds is 12. The number of nitrogens with one attached hydrogen (secondary N) is 1. The number of hydrogen-bond donors (Lipinski definition) is 1. The molecule has 2 rings (SSSR count). The lowest BCUT2D eigenvalue weighted by molar-refractivity contribution is -0.140. The number of carbonyl (C=O) groups excluding carboxylic acids is 2. The van der Waals surface area contributed by atoms with Gasteiger partial charge in [0, 0.05) is 25.6 Å². The molecule has 0 aliphatic heterocycles. The predicted octanol–water partition coefficient (Wildman–Crippen LogP) is 3.80. The molecule has 0 bridgehead atoms. The average Bonchev–Trinajstić information content (AvgIpc) is 2.80. The zero-order chi connectivity index (χ0) is 27.0. The molecule has 0 fully saturated rings. The molecule has 1 atom stereocenters. The summed E-state index contributed by atoms with van der Waals surface area (Å²) >= 11 is 0. The third-order valence-electron chi connectivity index (χ3n) is 5.87. The normalized spacial score (nSPS) is 12.2. The first-order chi connectivity index (χ1) is 16.8. The van der Waals surface area contributed by atoms with Crippen molar-refractivity contribution in [3.8, 4) is 5.75 Å². The van der Waals surface area contributed by atoms with Gasteiger partial charge in [0.05, 0.1) is 19.1 Å². The smallest absolute Gasteiger partial charge is 0.242 e. The fourth-order valence-corrected chi connectivity index (χ4v) is 4.94. The largest absolute Gasteiger partial charge is 0.497 e. The molecule has 0 aliphatic carbocycles. The van der Waals surface area contributed by atoms with E-state index in [9.17, 15) is 18.0 Å². The summed E-state index contributed by atoms with van der Waals surface area (Å²) < 4.78 is 31.8. The number of carbonyl (C=O) groups is 2. The van der Waals surface area contributed by atoms with Crippen molar-refractivity contribution in [3.63, 3.8) is 0 Å². The topological polar surface area (TPSA) is 96.0 Å². The summed E-state index contributed by atoms with van der Waals surface area (Å²) in [5.74, 6) is 0.199. The SMILES string of the molecule is COc1cccc(CN(C(=O)CCCN(c2cc(C)ccc2C)S(C)(=O)=O)C(C)C(=O)NC(C)C)c1. The van der Waals surface area contributed by atoms with Crippen LogP contribution in [-0.2, 0) is 26.2 Å². The molecule has 0 spiro atoms. The van der Waals surface area contributed by atoms with Crippen molar-refractivity contribution in [2.45, 2.75) is 66.1 Å². The molecule has 2 aromatic rings. The van der Waals surface area contributed by atoms with Gasteiger partial charge in [-0.15, -0.1) is 0 Å². The van der Waals surface area contributed by atoms with Crippen LogP contribution in [0.15, 0.2) is 42.5 Å². The average molecular weight is 518 g/mol. The molecule has 2 aromatic carbocycles. The second kappa shape index (κ2) is 12.8. The van der Waals surface area contributed by atoms with Gasteiger partial charge in [-0.3, -0.25) is 13.9 Å². The standard InChI is InChI=1S/C27H39N3O5S/c1-19(2)28-27(32)22(5)29(18-23-10-8-11-24(17-23)35-6)26(31)12-9-15-30(36(7,33)34)25-16-20(3)13-14-21(25)4/h8,10-11,13-14,16-17,19,22H,9,12,15,18H2,1-7H3,(H,28,32). The quantitative estimate of drug-likeness (QED) is 0.462. The van der Waals surface area contributed by atoms with Crippen LogP contribution < -0.4 is 14.4 Å². The Morgan fingerprint density at radius 3 is 2.36 bits per heavy atom. The first-order valence-corrected chi connectivity index (χ1v) is 14.0. The molecule has 0 heterocycles. The van der Waals surface area contributed by atoms with Crippen molar-refractivity contribution in [2.24, 2.45) is 0 Å². The minimum absolute atomic E-state index is 0.0605. The van der Waals surface area contributed by atoms with E-state index in [1.165, 1.54) is 15.5 Å². The number of aryl methyl sites for hydroxylation is 2. The zero-order valence-electron chi connectivity index (χ0n) is 22.4. The Hall–Kier alpha value is -3.07. The second-order valence-corrected chi connectivity index (χ2v) is 11.3. The molecule has 1 N–H and O–H groups in total. The van der Waals surface area contributed by atoms with Crippen molar-refractivity contribution in [1.82, 2.24) is 10.2 Å². The summed E-state index contributed by atoms with van der Waals surface area (Å²) in [5, 5.41) is 2.87. The van der Waals surface area contributed by atoms with E-state index in [2.05, 4.69) is 5.32 Å². The van der Waals surface area contributed by atoms with Gasteiger partial charge >= 0.3 is 0 Å².